The Hall–Kier alpha value is -1.18. The largest absolute Gasteiger partial charge is 0.390 e. The molecular formula is C13H16F4N2O. The highest BCUT2D eigenvalue weighted by Crippen LogP contribution is 2.36. The lowest BCUT2D eigenvalue weighted by molar-refractivity contribution is -0.118. The summed E-state index contributed by atoms with van der Waals surface area (Å²) in [6, 6.07) is 1.26. The summed E-state index contributed by atoms with van der Waals surface area (Å²) in [5.41, 5.74) is -0.0372. The van der Waals surface area contributed by atoms with Gasteiger partial charge in [0.2, 0.25) is 0 Å². The number of aliphatic hydroxyl groups is 1. The molecule has 0 unspecified atom stereocenters. The lowest BCUT2D eigenvalue weighted by atomic mass is 9.98. The lowest BCUT2D eigenvalue weighted by Crippen LogP contribution is -2.51. The smallest absolute Gasteiger partial charge is 0.289 e. The first-order valence-electron chi connectivity index (χ1n) is 6.34. The van der Waals surface area contributed by atoms with E-state index >= 15 is 0 Å². The second kappa shape index (κ2) is 6.07. The SMILES string of the molecule is OCC(F)(F)[C@@H](c1ccc(F)c(F)c1)N1CCNCC1. The molecule has 112 valence electrons. The Morgan fingerprint density at radius 2 is 1.85 bits per heavy atom. The molecule has 1 aliphatic rings. The monoisotopic (exact) mass is 292 g/mol. The van der Waals surface area contributed by atoms with Crippen molar-refractivity contribution in [1.82, 2.24) is 10.2 Å². The van der Waals surface area contributed by atoms with Crippen LogP contribution in [0.25, 0.3) is 0 Å². The van der Waals surface area contributed by atoms with Gasteiger partial charge in [-0.1, -0.05) is 6.07 Å². The van der Waals surface area contributed by atoms with Crippen LogP contribution in [0, 0.1) is 11.6 Å². The molecule has 0 amide bonds. The van der Waals surface area contributed by atoms with Crippen molar-refractivity contribution in [3.63, 3.8) is 0 Å². The Bertz CT molecular complexity index is 464. The van der Waals surface area contributed by atoms with Crippen LogP contribution in [0.2, 0.25) is 0 Å². The van der Waals surface area contributed by atoms with Crippen molar-refractivity contribution in [2.24, 2.45) is 0 Å². The van der Waals surface area contributed by atoms with Gasteiger partial charge in [0.25, 0.3) is 5.92 Å². The van der Waals surface area contributed by atoms with Gasteiger partial charge in [0.15, 0.2) is 11.6 Å². The van der Waals surface area contributed by atoms with Gasteiger partial charge in [-0.3, -0.25) is 4.90 Å². The summed E-state index contributed by atoms with van der Waals surface area (Å²) in [6.07, 6.45) is 0. The highest BCUT2D eigenvalue weighted by molar-refractivity contribution is 5.24. The number of nitrogens with one attached hydrogen (secondary N) is 1. The average Bonchev–Trinajstić information content (AvgIpc) is 2.44. The fourth-order valence-corrected chi connectivity index (χ4v) is 2.43. The number of piperazine rings is 1. The normalized spacial score (nSPS) is 19.1. The molecule has 1 aromatic rings. The van der Waals surface area contributed by atoms with E-state index in [0.29, 0.717) is 26.2 Å². The molecule has 0 saturated carbocycles. The van der Waals surface area contributed by atoms with E-state index in [4.69, 9.17) is 5.11 Å². The van der Waals surface area contributed by atoms with Gasteiger partial charge >= 0.3 is 0 Å². The molecule has 1 heterocycles. The number of hydrogen-bond donors (Lipinski definition) is 2. The van der Waals surface area contributed by atoms with Crippen LogP contribution in [0.15, 0.2) is 18.2 Å². The summed E-state index contributed by atoms with van der Waals surface area (Å²) >= 11 is 0. The van der Waals surface area contributed by atoms with Crippen molar-refractivity contribution < 1.29 is 22.7 Å². The van der Waals surface area contributed by atoms with E-state index in [1.54, 1.807) is 0 Å². The summed E-state index contributed by atoms with van der Waals surface area (Å²) in [7, 11) is 0. The van der Waals surface area contributed by atoms with Crippen molar-refractivity contribution in [3.8, 4) is 0 Å². The number of alkyl halides is 2. The maximum atomic E-state index is 14.0. The van der Waals surface area contributed by atoms with Crippen LogP contribution >= 0.6 is 0 Å². The third-order valence-electron chi connectivity index (χ3n) is 3.39. The molecule has 0 aromatic heterocycles. The molecule has 3 nitrogen and oxygen atoms in total. The molecular weight excluding hydrogens is 276 g/mol. The van der Waals surface area contributed by atoms with Crippen LogP contribution in [-0.2, 0) is 0 Å². The second-order valence-electron chi connectivity index (χ2n) is 4.78. The zero-order chi connectivity index (χ0) is 14.8. The van der Waals surface area contributed by atoms with Crippen LogP contribution in [0.1, 0.15) is 11.6 Å². The Morgan fingerprint density at radius 3 is 2.40 bits per heavy atom. The molecule has 20 heavy (non-hydrogen) atoms. The van der Waals surface area contributed by atoms with Gasteiger partial charge in [0.05, 0.1) is 0 Å². The number of aliphatic hydroxyl groups excluding tert-OH is 1. The maximum Gasteiger partial charge on any atom is 0.289 e. The van der Waals surface area contributed by atoms with Crippen LogP contribution in [0.3, 0.4) is 0 Å². The molecule has 2 rings (SSSR count). The summed E-state index contributed by atoms with van der Waals surface area (Å²) in [5.74, 6) is -5.68. The van der Waals surface area contributed by atoms with Gasteiger partial charge in [-0.2, -0.15) is 0 Å². The zero-order valence-corrected chi connectivity index (χ0v) is 10.8. The number of halogens is 4. The van der Waals surface area contributed by atoms with E-state index in [-0.39, 0.29) is 5.56 Å². The van der Waals surface area contributed by atoms with Crippen LogP contribution in [0.5, 0.6) is 0 Å². The molecule has 0 aliphatic carbocycles. The minimum Gasteiger partial charge on any atom is -0.390 e. The summed E-state index contributed by atoms with van der Waals surface area (Å²) in [5, 5.41) is 11.9. The van der Waals surface area contributed by atoms with Crippen LogP contribution < -0.4 is 5.32 Å². The van der Waals surface area contributed by atoms with Gasteiger partial charge in [-0.05, 0) is 17.7 Å². The molecule has 0 radical (unpaired) electrons. The molecule has 0 spiro atoms. The Morgan fingerprint density at radius 1 is 1.20 bits per heavy atom. The average molecular weight is 292 g/mol. The second-order valence-corrected chi connectivity index (χ2v) is 4.78. The molecule has 1 aromatic carbocycles. The van der Waals surface area contributed by atoms with Gasteiger partial charge in [0.1, 0.15) is 12.6 Å². The Balaban J connectivity index is 2.36. The third kappa shape index (κ3) is 3.11. The number of rotatable bonds is 4. The first kappa shape index (κ1) is 15.2. The van der Waals surface area contributed by atoms with E-state index in [0.717, 1.165) is 18.2 Å². The highest BCUT2D eigenvalue weighted by atomic mass is 19.3. The maximum absolute atomic E-state index is 14.0. The molecule has 1 fully saturated rings. The molecule has 0 bridgehead atoms. The van der Waals surface area contributed by atoms with E-state index in [1.807, 2.05) is 0 Å². The molecule has 1 aliphatic heterocycles. The van der Waals surface area contributed by atoms with Crippen molar-refractivity contribution in [1.29, 1.82) is 0 Å². The van der Waals surface area contributed by atoms with Gasteiger partial charge in [-0.15, -0.1) is 0 Å². The van der Waals surface area contributed by atoms with Crippen molar-refractivity contribution in [2.45, 2.75) is 12.0 Å². The van der Waals surface area contributed by atoms with E-state index in [2.05, 4.69) is 5.32 Å². The van der Waals surface area contributed by atoms with Crippen molar-refractivity contribution in [2.75, 3.05) is 32.8 Å². The topological polar surface area (TPSA) is 35.5 Å². The molecule has 1 saturated heterocycles. The first-order valence-corrected chi connectivity index (χ1v) is 6.34. The molecule has 2 N–H and O–H groups in total. The number of hydrogen-bond acceptors (Lipinski definition) is 3. The predicted octanol–water partition coefficient (Wildman–Crippen LogP) is 1.54. The summed E-state index contributed by atoms with van der Waals surface area (Å²) in [4.78, 5) is 1.47. The third-order valence-corrected chi connectivity index (χ3v) is 3.39. The minimum absolute atomic E-state index is 0.0372. The van der Waals surface area contributed by atoms with Crippen molar-refractivity contribution in [3.05, 3.63) is 35.4 Å². The van der Waals surface area contributed by atoms with Gasteiger partial charge in [-0.25, -0.2) is 17.6 Å². The van der Waals surface area contributed by atoms with Crippen LogP contribution in [-0.4, -0.2) is 48.7 Å². The quantitative estimate of drug-likeness (QED) is 0.826. The van der Waals surface area contributed by atoms with E-state index in [1.165, 1.54) is 4.90 Å². The fourth-order valence-electron chi connectivity index (χ4n) is 2.43. The van der Waals surface area contributed by atoms with Crippen LogP contribution in [0.4, 0.5) is 17.6 Å². The summed E-state index contributed by atoms with van der Waals surface area (Å²) in [6.45, 7) is 0.405. The zero-order valence-electron chi connectivity index (χ0n) is 10.8. The van der Waals surface area contributed by atoms with Crippen molar-refractivity contribution >= 4 is 0 Å². The fraction of sp³-hybridized carbons (Fsp3) is 0.538. The highest BCUT2D eigenvalue weighted by Gasteiger charge is 2.44. The lowest BCUT2D eigenvalue weighted by Gasteiger charge is -2.38. The number of nitrogens with zero attached hydrogens (tertiary/aromatic N) is 1. The Kier molecular flexibility index (Phi) is 4.62. The first-order chi connectivity index (χ1) is 9.45. The van der Waals surface area contributed by atoms with E-state index < -0.39 is 30.2 Å². The standard InChI is InChI=1S/C13H16F4N2O/c14-10-2-1-9(7-11(10)15)12(13(16,17)8-20)19-5-3-18-4-6-19/h1-2,7,12,18,20H,3-6,8H2/t12-/m1/s1. The Labute approximate surface area is 114 Å². The minimum atomic E-state index is -3.43. The summed E-state index contributed by atoms with van der Waals surface area (Å²) < 4.78 is 54.2. The predicted molar refractivity (Wildman–Crippen MR) is 65.6 cm³/mol. The van der Waals surface area contributed by atoms with E-state index in [9.17, 15) is 17.6 Å². The molecule has 1 atom stereocenters. The van der Waals surface area contributed by atoms with Gasteiger partial charge in [0, 0.05) is 26.2 Å². The van der Waals surface area contributed by atoms with Gasteiger partial charge < -0.3 is 10.4 Å². The molecule has 7 heteroatoms. The number of benzene rings is 1.